The highest BCUT2D eigenvalue weighted by atomic mass is 16.2. The third-order valence-corrected chi connectivity index (χ3v) is 3.78. The van der Waals surface area contributed by atoms with Gasteiger partial charge >= 0.3 is 0 Å². The lowest BCUT2D eigenvalue weighted by Gasteiger charge is -2.26. The fourth-order valence-electron chi connectivity index (χ4n) is 2.74. The molecule has 3 nitrogen and oxygen atoms in total. The summed E-state index contributed by atoms with van der Waals surface area (Å²) >= 11 is 0. The number of amides is 1. The highest BCUT2D eigenvalue weighted by molar-refractivity contribution is 5.81. The van der Waals surface area contributed by atoms with E-state index in [0.29, 0.717) is 11.9 Å². The highest BCUT2D eigenvalue weighted by Gasteiger charge is 2.23. The van der Waals surface area contributed by atoms with Gasteiger partial charge in [-0.2, -0.15) is 0 Å². The Morgan fingerprint density at radius 2 is 1.76 bits per heavy atom. The maximum absolute atomic E-state index is 12.3. The van der Waals surface area contributed by atoms with Crippen molar-refractivity contribution in [1.29, 1.82) is 0 Å². The molecule has 96 valence electrons. The van der Waals surface area contributed by atoms with Crippen LogP contribution in [0.1, 0.15) is 45.4 Å². The fraction of sp³-hybridized carbons (Fsp3) is 0.786. The molecular formula is C14H24N2O. The maximum atomic E-state index is 12.3. The largest absolute Gasteiger partial charge is 0.341 e. The molecule has 2 rings (SSSR count). The Bertz CT molecular complexity index is 272. The fourth-order valence-corrected chi connectivity index (χ4v) is 2.74. The molecule has 1 heterocycles. The van der Waals surface area contributed by atoms with Crippen LogP contribution in [0, 0.1) is 0 Å². The van der Waals surface area contributed by atoms with Gasteiger partial charge in [0.1, 0.15) is 0 Å². The molecule has 0 aromatic rings. The minimum atomic E-state index is -0.0296. The van der Waals surface area contributed by atoms with E-state index in [0.717, 1.165) is 25.9 Å². The van der Waals surface area contributed by atoms with Crippen molar-refractivity contribution < 1.29 is 4.79 Å². The lowest BCUT2D eigenvalue weighted by molar-refractivity contribution is -0.133. The number of carbonyl (C=O) groups is 1. The molecule has 0 spiro atoms. The molecule has 0 aromatic heterocycles. The monoisotopic (exact) mass is 236 g/mol. The van der Waals surface area contributed by atoms with Crippen LogP contribution in [0.2, 0.25) is 0 Å². The van der Waals surface area contributed by atoms with Crippen LogP contribution >= 0.6 is 0 Å². The summed E-state index contributed by atoms with van der Waals surface area (Å²) in [6, 6.07) is 0.443. The standard InChI is InChI=1S/C14H24N2O/c1-12(15-13-8-4-5-9-13)14(17)16-10-6-2-3-7-11-16/h4-5,12-13,15H,2-3,6-11H2,1H3. The molecule has 3 heteroatoms. The molecule has 1 fully saturated rings. The van der Waals surface area contributed by atoms with E-state index in [1.807, 2.05) is 11.8 Å². The second kappa shape index (κ2) is 6.20. The molecule has 17 heavy (non-hydrogen) atoms. The van der Waals surface area contributed by atoms with Gasteiger partial charge in [0.2, 0.25) is 5.91 Å². The second-order valence-electron chi connectivity index (χ2n) is 5.27. The van der Waals surface area contributed by atoms with E-state index in [9.17, 15) is 4.79 Å². The van der Waals surface area contributed by atoms with Gasteiger partial charge in [-0.25, -0.2) is 0 Å². The lowest BCUT2D eigenvalue weighted by Crippen LogP contribution is -2.48. The summed E-state index contributed by atoms with van der Waals surface area (Å²) in [4.78, 5) is 14.3. The zero-order valence-corrected chi connectivity index (χ0v) is 10.8. The van der Waals surface area contributed by atoms with Crippen molar-refractivity contribution in [3.63, 3.8) is 0 Å². The molecule has 2 aliphatic rings. The quantitative estimate of drug-likeness (QED) is 0.761. The summed E-state index contributed by atoms with van der Waals surface area (Å²) in [5, 5.41) is 3.44. The summed E-state index contributed by atoms with van der Waals surface area (Å²) in [6.45, 7) is 3.91. The molecule has 1 unspecified atom stereocenters. The van der Waals surface area contributed by atoms with Crippen LogP contribution in [0.25, 0.3) is 0 Å². The second-order valence-corrected chi connectivity index (χ2v) is 5.27. The maximum Gasteiger partial charge on any atom is 0.239 e. The molecule has 1 atom stereocenters. The van der Waals surface area contributed by atoms with Crippen molar-refractivity contribution in [2.45, 2.75) is 57.5 Å². The normalized spacial score (nSPS) is 23.7. The summed E-state index contributed by atoms with van der Waals surface area (Å²) in [6.07, 6.45) is 11.4. The van der Waals surface area contributed by atoms with E-state index in [1.165, 1.54) is 25.7 Å². The van der Waals surface area contributed by atoms with Crippen LogP contribution in [0.15, 0.2) is 12.2 Å². The Balaban J connectivity index is 1.80. The molecule has 0 bridgehead atoms. The van der Waals surface area contributed by atoms with Crippen molar-refractivity contribution in [2.24, 2.45) is 0 Å². The number of nitrogens with one attached hydrogen (secondary N) is 1. The Kier molecular flexibility index (Phi) is 4.60. The van der Waals surface area contributed by atoms with Crippen molar-refractivity contribution in [2.75, 3.05) is 13.1 Å². The van der Waals surface area contributed by atoms with E-state index >= 15 is 0 Å². The minimum absolute atomic E-state index is 0.0296. The van der Waals surface area contributed by atoms with Gasteiger partial charge in [-0.1, -0.05) is 25.0 Å². The lowest BCUT2D eigenvalue weighted by atomic mass is 10.2. The van der Waals surface area contributed by atoms with Crippen LogP contribution < -0.4 is 5.32 Å². The van der Waals surface area contributed by atoms with E-state index in [1.54, 1.807) is 0 Å². The van der Waals surface area contributed by atoms with E-state index < -0.39 is 0 Å². The van der Waals surface area contributed by atoms with E-state index in [-0.39, 0.29) is 6.04 Å². The molecule has 1 aliphatic carbocycles. The van der Waals surface area contributed by atoms with Crippen LogP contribution in [-0.2, 0) is 4.79 Å². The van der Waals surface area contributed by atoms with Gasteiger partial charge in [0.05, 0.1) is 6.04 Å². The summed E-state index contributed by atoms with van der Waals surface area (Å²) in [7, 11) is 0. The first kappa shape index (κ1) is 12.6. The predicted octanol–water partition coefficient (Wildman–Crippen LogP) is 2.09. The number of carbonyl (C=O) groups excluding carboxylic acids is 1. The van der Waals surface area contributed by atoms with Gasteiger partial charge in [-0.15, -0.1) is 0 Å². The van der Waals surface area contributed by atoms with Crippen molar-refractivity contribution >= 4 is 5.91 Å². The minimum Gasteiger partial charge on any atom is -0.341 e. The Morgan fingerprint density at radius 3 is 2.35 bits per heavy atom. The zero-order valence-electron chi connectivity index (χ0n) is 10.8. The molecular weight excluding hydrogens is 212 g/mol. The van der Waals surface area contributed by atoms with Gasteiger partial charge in [0.25, 0.3) is 0 Å². The first-order valence-corrected chi connectivity index (χ1v) is 6.97. The number of nitrogens with zero attached hydrogens (tertiary/aromatic N) is 1. The SMILES string of the molecule is CC(NC1CC=CC1)C(=O)N1CCCCCC1. The van der Waals surface area contributed by atoms with Crippen molar-refractivity contribution in [3.8, 4) is 0 Å². The average Bonchev–Trinajstić information content (AvgIpc) is 2.68. The number of likely N-dealkylation sites (tertiary alicyclic amines) is 1. The van der Waals surface area contributed by atoms with Gasteiger partial charge in [0, 0.05) is 19.1 Å². The number of hydrogen-bond donors (Lipinski definition) is 1. The third kappa shape index (κ3) is 3.56. The summed E-state index contributed by atoms with van der Waals surface area (Å²) in [5.74, 6) is 0.291. The average molecular weight is 236 g/mol. The summed E-state index contributed by atoms with van der Waals surface area (Å²) in [5.41, 5.74) is 0. The topological polar surface area (TPSA) is 32.3 Å². The van der Waals surface area contributed by atoms with Gasteiger partial charge in [-0.3, -0.25) is 4.79 Å². The molecule has 1 aliphatic heterocycles. The zero-order chi connectivity index (χ0) is 12.1. The first-order valence-electron chi connectivity index (χ1n) is 6.97. The Hall–Kier alpha value is -0.830. The molecule has 1 N–H and O–H groups in total. The smallest absolute Gasteiger partial charge is 0.239 e. The molecule has 0 saturated carbocycles. The van der Waals surface area contributed by atoms with E-state index in [2.05, 4.69) is 17.5 Å². The van der Waals surface area contributed by atoms with Crippen LogP contribution in [0.3, 0.4) is 0 Å². The van der Waals surface area contributed by atoms with Gasteiger partial charge in [-0.05, 0) is 32.6 Å². The van der Waals surface area contributed by atoms with E-state index in [4.69, 9.17) is 0 Å². The van der Waals surface area contributed by atoms with Gasteiger partial charge < -0.3 is 10.2 Å². The number of hydrogen-bond acceptors (Lipinski definition) is 2. The van der Waals surface area contributed by atoms with Crippen molar-refractivity contribution in [3.05, 3.63) is 12.2 Å². The molecule has 0 radical (unpaired) electrons. The highest BCUT2D eigenvalue weighted by Crippen LogP contribution is 2.13. The Morgan fingerprint density at radius 1 is 1.18 bits per heavy atom. The molecule has 1 amide bonds. The van der Waals surface area contributed by atoms with Crippen LogP contribution in [-0.4, -0.2) is 36.0 Å². The third-order valence-electron chi connectivity index (χ3n) is 3.78. The van der Waals surface area contributed by atoms with Crippen LogP contribution in [0.5, 0.6) is 0 Å². The van der Waals surface area contributed by atoms with Gasteiger partial charge in [0.15, 0.2) is 0 Å². The number of rotatable bonds is 3. The first-order chi connectivity index (χ1) is 8.27. The summed E-state index contributed by atoms with van der Waals surface area (Å²) < 4.78 is 0. The molecule has 1 saturated heterocycles. The van der Waals surface area contributed by atoms with Crippen molar-refractivity contribution in [1.82, 2.24) is 10.2 Å². The molecule has 0 aromatic carbocycles. The Labute approximate surface area is 104 Å². The van der Waals surface area contributed by atoms with Crippen LogP contribution in [0.4, 0.5) is 0 Å². The predicted molar refractivity (Wildman–Crippen MR) is 69.8 cm³/mol.